The fourth-order valence-electron chi connectivity index (χ4n) is 1.99. The first-order chi connectivity index (χ1) is 7.58. The lowest BCUT2D eigenvalue weighted by Gasteiger charge is -2.16. The summed E-state index contributed by atoms with van der Waals surface area (Å²) in [6.45, 7) is 7.18. The van der Waals surface area contributed by atoms with Crippen LogP contribution in [0.1, 0.15) is 26.3 Å². The number of benzene rings is 1. The van der Waals surface area contributed by atoms with Crippen molar-refractivity contribution in [2.24, 2.45) is 10.4 Å². The molecule has 0 radical (unpaired) electrons. The molecule has 0 atom stereocenters. The highest BCUT2D eigenvalue weighted by Crippen LogP contribution is 2.26. The van der Waals surface area contributed by atoms with Crippen LogP contribution in [0.3, 0.4) is 0 Å². The Morgan fingerprint density at radius 3 is 2.44 bits per heavy atom. The average Bonchev–Trinajstić information content (AvgIpc) is 2.50. The first-order valence-corrected chi connectivity index (χ1v) is 5.63. The Labute approximate surface area is 97.1 Å². The van der Waals surface area contributed by atoms with Gasteiger partial charge in [0.15, 0.2) is 0 Å². The summed E-state index contributed by atoms with van der Waals surface area (Å²) in [6.07, 6.45) is 2.22. The molecule has 0 amide bonds. The quantitative estimate of drug-likeness (QED) is 0.803. The third kappa shape index (κ3) is 2.32. The van der Waals surface area contributed by atoms with Gasteiger partial charge in [0.1, 0.15) is 5.84 Å². The van der Waals surface area contributed by atoms with Gasteiger partial charge in [-0.05, 0) is 26.3 Å². The summed E-state index contributed by atoms with van der Waals surface area (Å²) < 4.78 is 0. The van der Waals surface area contributed by atoms with Crippen LogP contribution in [0.5, 0.6) is 0 Å². The van der Waals surface area contributed by atoms with E-state index in [1.165, 1.54) is 11.3 Å². The summed E-state index contributed by atoms with van der Waals surface area (Å²) in [7, 11) is 0. The topological polar surface area (TPSA) is 24.4 Å². The minimum absolute atomic E-state index is 0.0405. The van der Waals surface area contributed by atoms with Crippen molar-refractivity contribution in [1.82, 2.24) is 5.32 Å². The van der Waals surface area contributed by atoms with Crippen LogP contribution >= 0.6 is 0 Å². The van der Waals surface area contributed by atoms with Gasteiger partial charge in [0.2, 0.25) is 0 Å². The Bertz CT molecular complexity index is 427. The summed E-state index contributed by atoms with van der Waals surface area (Å²) in [4.78, 5) is 4.65. The van der Waals surface area contributed by atoms with E-state index >= 15 is 0 Å². The highest BCUT2D eigenvalue weighted by atomic mass is 15.0. The Kier molecular flexibility index (Phi) is 2.82. The van der Waals surface area contributed by atoms with Crippen LogP contribution in [0, 0.1) is 5.41 Å². The second kappa shape index (κ2) is 4.12. The molecule has 0 spiro atoms. The van der Waals surface area contributed by atoms with Gasteiger partial charge >= 0.3 is 0 Å². The molecule has 1 aromatic carbocycles. The lowest BCUT2D eigenvalue weighted by molar-refractivity contribution is 0.674. The molecule has 1 aliphatic heterocycles. The third-order valence-corrected chi connectivity index (χ3v) is 2.77. The molecule has 16 heavy (non-hydrogen) atoms. The van der Waals surface area contributed by atoms with Crippen molar-refractivity contribution in [3.63, 3.8) is 0 Å². The van der Waals surface area contributed by atoms with Crippen molar-refractivity contribution in [3.8, 4) is 0 Å². The largest absolute Gasteiger partial charge is 0.347 e. The van der Waals surface area contributed by atoms with Crippen molar-refractivity contribution in [2.75, 3.05) is 0 Å². The van der Waals surface area contributed by atoms with Crippen LogP contribution in [0.15, 0.2) is 47.1 Å². The van der Waals surface area contributed by atoms with E-state index in [0.29, 0.717) is 0 Å². The van der Waals surface area contributed by atoms with Crippen LogP contribution in [0.4, 0.5) is 0 Å². The molecule has 0 bridgehead atoms. The van der Waals surface area contributed by atoms with E-state index in [-0.39, 0.29) is 5.41 Å². The minimum atomic E-state index is 0.0405. The SMILES string of the molecule is CC1=CC(C)(C)C(=NCc2ccccc2)N1. The second-order valence-electron chi connectivity index (χ2n) is 4.82. The Hall–Kier alpha value is -1.57. The molecule has 0 saturated carbocycles. The van der Waals surface area contributed by atoms with Crippen LogP contribution in [0.2, 0.25) is 0 Å². The summed E-state index contributed by atoms with van der Waals surface area (Å²) in [5, 5.41) is 3.33. The van der Waals surface area contributed by atoms with Gasteiger partial charge in [-0.15, -0.1) is 0 Å². The van der Waals surface area contributed by atoms with Crippen molar-refractivity contribution in [3.05, 3.63) is 47.7 Å². The number of hydrogen-bond acceptors (Lipinski definition) is 1. The standard InChI is InChI=1S/C14H18N2/c1-11-9-14(2,3)13(16-11)15-10-12-7-5-4-6-8-12/h4-9H,10H2,1-3H3,(H,15,16). The van der Waals surface area contributed by atoms with E-state index in [2.05, 4.69) is 49.3 Å². The highest BCUT2D eigenvalue weighted by molar-refractivity contribution is 5.93. The number of nitrogens with one attached hydrogen (secondary N) is 1. The molecule has 1 aliphatic rings. The summed E-state index contributed by atoms with van der Waals surface area (Å²) in [5.74, 6) is 1.06. The van der Waals surface area contributed by atoms with Crippen molar-refractivity contribution >= 4 is 5.84 Å². The number of allylic oxidation sites excluding steroid dienone is 1. The molecule has 0 fully saturated rings. The Balaban J connectivity index is 2.10. The van der Waals surface area contributed by atoms with Gasteiger partial charge in [0.25, 0.3) is 0 Å². The second-order valence-corrected chi connectivity index (χ2v) is 4.82. The van der Waals surface area contributed by atoms with E-state index in [1.807, 2.05) is 18.2 Å². The maximum Gasteiger partial charge on any atom is 0.110 e. The van der Waals surface area contributed by atoms with Gasteiger partial charge in [0, 0.05) is 11.1 Å². The fraction of sp³-hybridized carbons (Fsp3) is 0.357. The number of hydrogen-bond donors (Lipinski definition) is 1. The number of amidine groups is 1. The molecule has 2 rings (SSSR count). The van der Waals surface area contributed by atoms with Crippen LogP contribution in [-0.2, 0) is 6.54 Å². The molecule has 2 heteroatoms. The van der Waals surface area contributed by atoms with Crippen LogP contribution in [-0.4, -0.2) is 5.84 Å². The molecule has 0 saturated heterocycles. The maximum atomic E-state index is 4.65. The molecule has 1 aromatic rings. The summed E-state index contributed by atoms with van der Waals surface area (Å²) in [6, 6.07) is 10.3. The first-order valence-electron chi connectivity index (χ1n) is 5.63. The van der Waals surface area contributed by atoms with Crippen LogP contribution < -0.4 is 5.32 Å². The number of aliphatic imine (C=N–C) groups is 1. The molecule has 0 aliphatic carbocycles. The fourth-order valence-corrected chi connectivity index (χ4v) is 1.99. The van der Waals surface area contributed by atoms with Crippen molar-refractivity contribution < 1.29 is 0 Å². The number of rotatable bonds is 2. The zero-order valence-corrected chi connectivity index (χ0v) is 10.1. The van der Waals surface area contributed by atoms with E-state index in [9.17, 15) is 0 Å². The van der Waals surface area contributed by atoms with Crippen molar-refractivity contribution in [2.45, 2.75) is 27.3 Å². The lowest BCUT2D eigenvalue weighted by atomic mass is 9.94. The predicted molar refractivity (Wildman–Crippen MR) is 68.3 cm³/mol. The zero-order chi connectivity index (χ0) is 11.6. The molecular formula is C14H18N2. The van der Waals surface area contributed by atoms with Gasteiger partial charge in [-0.1, -0.05) is 36.4 Å². The normalized spacial score (nSPS) is 20.7. The lowest BCUT2D eigenvalue weighted by Crippen LogP contribution is -2.27. The smallest absolute Gasteiger partial charge is 0.110 e. The van der Waals surface area contributed by atoms with E-state index in [4.69, 9.17) is 0 Å². The van der Waals surface area contributed by atoms with E-state index < -0.39 is 0 Å². The van der Waals surface area contributed by atoms with Gasteiger partial charge in [0.05, 0.1) is 6.54 Å². The molecule has 1 N–H and O–H groups in total. The molecule has 2 nitrogen and oxygen atoms in total. The summed E-state index contributed by atoms with van der Waals surface area (Å²) in [5.41, 5.74) is 2.48. The van der Waals surface area contributed by atoms with Crippen molar-refractivity contribution in [1.29, 1.82) is 0 Å². The van der Waals surface area contributed by atoms with E-state index in [1.54, 1.807) is 0 Å². The Morgan fingerprint density at radius 1 is 1.19 bits per heavy atom. The average molecular weight is 214 g/mol. The highest BCUT2D eigenvalue weighted by Gasteiger charge is 2.28. The number of nitrogens with zero attached hydrogens (tertiary/aromatic N) is 1. The predicted octanol–water partition coefficient (Wildman–Crippen LogP) is 3.12. The molecule has 1 heterocycles. The molecule has 84 valence electrons. The third-order valence-electron chi connectivity index (χ3n) is 2.77. The molecule has 0 aromatic heterocycles. The van der Waals surface area contributed by atoms with Gasteiger partial charge in [-0.2, -0.15) is 0 Å². The van der Waals surface area contributed by atoms with Gasteiger partial charge in [-0.25, -0.2) is 0 Å². The zero-order valence-electron chi connectivity index (χ0n) is 10.1. The maximum absolute atomic E-state index is 4.65. The first kappa shape index (κ1) is 10.9. The minimum Gasteiger partial charge on any atom is -0.347 e. The van der Waals surface area contributed by atoms with Gasteiger partial charge in [-0.3, -0.25) is 4.99 Å². The Morgan fingerprint density at radius 2 is 1.88 bits per heavy atom. The monoisotopic (exact) mass is 214 g/mol. The van der Waals surface area contributed by atoms with Crippen LogP contribution in [0.25, 0.3) is 0 Å². The molecule has 0 unspecified atom stereocenters. The summed E-state index contributed by atoms with van der Waals surface area (Å²) >= 11 is 0. The van der Waals surface area contributed by atoms with Gasteiger partial charge < -0.3 is 5.32 Å². The molecular weight excluding hydrogens is 196 g/mol. The van der Waals surface area contributed by atoms with E-state index in [0.717, 1.165) is 12.4 Å².